The van der Waals surface area contributed by atoms with Crippen molar-refractivity contribution in [2.24, 2.45) is 68.0 Å². The first-order chi connectivity index (χ1) is 37.2. The molecule has 0 amide bonds. The largest absolute Gasteiger partial charge is 1.00 e. The zero-order valence-corrected chi connectivity index (χ0v) is 51.1. The van der Waals surface area contributed by atoms with Gasteiger partial charge in [0.05, 0.1) is 36.1 Å². The Labute approximate surface area is 513 Å². The number of alkyl halides is 4. The van der Waals surface area contributed by atoms with Crippen molar-refractivity contribution < 1.29 is 141 Å². The van der Waals surface area contributed by atoms with Crippen molar-refractivity contribution in [3.63, 3.8) is 0 Å². The average molecular weight is 1150 g/mol. The number of ether oxygens (including phenoxy) is 1. The number of allylic oxidation sites excluding steroid dienone is 8. The zero-order valence-electron chi connectivity index (χ0n) is 48.1. The number of nitrogens with zero attached hydrogens (tertiary/aromatic N) is 3. The molecule has 2 aromatic rings. The van der Waals surface area contributed by atoms with E-state index in [0.29, 0.717) is 45.6 Å². The number of hydrogen-bond donors (Lipinski definition) is 3. The Morgan fingerprint density at radius 1 is 0.753 bits per heavy atom. The minimum atomic E-state index is -2.20. The number of furan rings is 2. The van der Waals surface area contributed by atoms with E-state index in [1.54, 1.807) is 13.8 Å². The molecule has 10 aliphatic rings. The summed E-state index contributed by atoms with van der Waals surface area (Å²) in [5.74, 6) is -2.11. The Hall–Kier alpha value is -3.72. The van der Waals surface area contributed by atoms with E-state index < -0.39 is 111 Å². The third kappa shape index (κ3) is 9.08. The van der Waals surface area contributed by atoms with Gasteiger partial charge in [-0.3, -0.25) is 33.8 Å². The van der Waals surface area contributed by atoms with E-state index in [-0.39, 0.29) is 134 Å². The predicted molar refractivity (Wildman–Crippen MR) is 270 cm³/mol. The average Bonchev–Trinajstić information content (AvgIpc) is 3.58. The number of carbonyl (C=O) groups excluding carboxylic acids is 4. The van der Waals surface area contributed by atoms with Gasteiger partial charge in [-0.05, 0) is 160 Å². The molecular weight excluding hydrogens is 1080 g/mol. The summed E-state index contributed by atoms with van der Waals surface area (Å²) >= 11 is 0. The second kappa shape index (κ2) is 22.3. The Bertz CT molecular complexity index is 3030. The van der Waals surface area contributed by atoms with Gasteiger partial charge in [-0.2, -0.15) is 5.26 Å². The fourth-order valence-corrected chi connectivity index (χ4v) is 18.5. The van der Waals surface area contributed by atoms with Gasteiger partial charge in [0, 0.05) is 48.8 Å². The molecule has 18 atom stereocenters. The molecule has 2 aromatic heterocycles. The Kier molecular flexibility index (Phi) is 17.4. The molecule has 12 rings (SSSR count). The summed E-state index contributed by atoms with van der Waals surface area (Å²) < 4.78 is 83.1. The van der Waals surface area contributed by atoms with Crippen LogP contribution >= 0.6 is 0 Å². The topological polar surface area (TPSA) is 244 Å². The van der Waals surface area contributed by atoms with Crippen LogP contribution in [0.1, 0.15) is 90.7 Å². The van der Waals surface area contributed by atoms with E-state index in [2.05, 4.69) is 14.7 Å². The second-order valence-corrected chi connectivity index (χ2v) is 25.1. The number of likely N-dealkylation sites (tertiary alicyclic amines) is 2. The van der Waals surface area contributed by atoms with Crippen molar-refractivity contribution in [1.29, 1.82) is 5.26 Å². The van der Waals surface area contributed by atoms with Crippen LogP contribution in [-0.2, 0) is 46.7 Å². The maximum Gasteiger partial charge on any atom is 1.00 e. The van der Waals surface area contributed by atoms with Crippen LogP contribution < -0.4 is 64.4 Å². The van der Waals surface area contributed by atoms with Crippen LogP contribution in [0.2, 0.25) is 0 Å². The van der Waals surface area contributed by atoms with Crippen molar-refractivity contribution in [3.05, 3.63) is 94.9 Å². The predicted octanol–water partition coefficient (Wildman–Crippen LogP) is 0.576. The standard InChI is InChI=1S/C30H34F2N2O5.C28H33F2NO5.CH2O3.2Na.H/c1-17-4-5-20(39-17)15-34-14-18-10-21-22-12-24(31)23-11-19(35)6-7-27(23,2)30(22,32)25(36)13-28(21,3)29(18,16-34)26(37)38-9-8-33;1-15-4-5-18(36-15)13-31-12-16-8-19-20-10-22(29)21-9-17(32)6-7-25(21,2)28(20,30)23(33)11-26(19,3)27(16,14-31)24(34)35;2-1-4-3;;;/h4-7,11,18,21-22,24-25,36H,9-10,12-16H2,1-3H3;4-7,9,16,19-20,22-23,33H,8,10-14H2,1-3H3,(H,34,35);1,3H;;;/q;;;2*+1;-1/p-1/t18-,21-,22-,24-,25-,27-,28-,29+,30-;16-,19-,20-,22-,23-,25-,26-,27+,28-;;;;/m00..../s1. The number of aryl methyl sites for hydroxylation is 2. The molecule has 0 radical (unpaired) electrons. The third-order valence-corrected chi connectivity index (χ3v) is 21.9. The molecule has 6 saturated carbocycles. The number of rotatable bonds is 8. The summed E-state index contributed by atoms with van der Waals surface area (Å²) in [6, 6.07) is 9.41. The van der Waals surface area contributed by atoms with Crippen LogP contribution in [-0.4, -0.2) is 124 Å². The molecule has 2 saturated heterocycles. The summed E-state index contributed by atoms with van der Waals surface area (Å²) in [6.45, 7) is 12.7. The van der Waals surface area contributed by atoms with Gasteiger partial charge in [0.1, 0.15) is 41.5 Å². The number of nitriles is 1. The molecule has 0 spiro atoms. The summed E-state index contributed by atoms with van der Waals surface area (Å²) in [7, 11) is 0. The van der Waals surface area contributed by atoms with Crippen LogP contribution in [0, 0.1) is 93.2 Å². The first-order valence-corrected chi connectivity index (χ1v) is 27.2. The Balaban J connectivity index is 0.000000215. The molecular formula is C59H69F4N3Na2O13. The van der Waals surface area contributed by atoms with Gasteiger partial charge < -0.3 is 40.5 Å². The van der Waals surface area contributed by atoms with Gasteiger partial charge >= 0.3 is 71.1 Å². The number of carbonyl (C=O) groups is 5. The molecule has 22 heteroatoms. The van der Waals surface area contributed by atoms with Gasteiger partial charge in [-0.15, -0.1) is 0 Å². The van der Waals surface area contributed by atoms with Gasteiger partial charge in [-0.1, -0.05) is 26.0 Å². The minimum Gasteiger partial charge on any atom is -1.00 e. The third-order valence-electron chi connectivity index (χ3n) is 21.9. The number of ketones is 2. The van der Waals surface area contributed by atoms with Crippen LogP contribution in [0.15, 0.2) is 80.7 Å². The molecule has 4 heterocycles. The molecule has 8 fully saturated rings. The molecule has 3 N–H and O–H groups in total. The van der Waals surface area contributed by atoms with Gasteiger partial charge in [-0.25, -0.2) is 17.6 Å². The number of aliphatic hydroxyl groups is 2. The number of halogens is 4. The fraction of sp³-hybridized carbons (Fsp3) is 0.627. The van der Waals surface area contributed by atoms with Crippen molar-refractivity contribution in [2.75, 3.05) is 32.8 Å². The van der Waals surface area contributed by atoms with E-state index in [4.69, 9.17) is 28.9 Å². The normalized spacial score (nSPS) is 42.9. The quantitative estimate of drug-likeness (QED) is 0.0818. The number of carboxylic acids is 1. The summed E-state index contributed by atoms with van der Waals surface area (Å²) in [4.78, 5) is 66.5. The molecule has 16 nitrogen and oxygen atoms in total. The monoisotopic (exact) mass is 1150 g/mol. The molecule has 2 aliphatic heterocycles. The first-order valence-electron chi connectivity index (χ1n) is 27.2. The molecule has 428 valence electrons. The number of fused-ring (bicyclic) bond motifs is 14. The number of carboxylic acid groups (broad SMARTS) is 1. The fourth-order valence-electron chi connectivity index (χ4n) is 18.5. The molecule has 8 aliphatic carbocycles. The van der Waals surface area contributed by atoms with E-state index in [0.717, 1.165) is 23.0 Å². The number of aliphatic hydroxyl groups excluding tert-OH is 2. The van der Waals surface area contributed by atoms with E-state index in [9.17, 15) is 34.5 Å². The van der Waals surface area contributed by atoms with Gasteiger partial charge in [0.15, 0.2) is 29.5 Å². The maximum absolute atomic E-state index is 17.5. The molecule has 0 aromatic carbocycles. The van der Waals surface area contributed by atoms with Crippen molar-refractivity contribution in [2.45, 2.75) is 129 Å². The van der Waals surface area contributed by atoms with Gasteiger partial charge in [0.25, 0.3) is 6.47 Å². The summed E-state index contributed by atoms with van der Waals surface area (Å²) in [5.41, 5.74) is -11.2. The SMILES string of the molecule is Cc1ccc(CN2C[C@@H]3C[C@H]4[C@@H]5C[C@H](F)C6=CC(=O)C=C[C@]6(C)[C@@]5(F)[C@@H](O)C[C@]4(C)[C@]3(C(=O)O)C2)o1.Cc1ccc(CN2C[C@@H]3C[C@H]4[C@@H]5C[C@H](F)C6=CC(=O)C=C[C@]6(C)[C@@]5(F)[C@@H](O)C[C@]4(C)[C@]3(C(=O)OCC#N)C2)o1.O=CO[O-].[H-].[Na+].[Na+]. The summed E-state index contributed by atoms with van der Waals surface area (Å²) in [6.07, 6.45) is 2.26. The Morgan fingerprint density at radius 3 is 1.54 bits per heavy atom. The van der Waals surface area contributed by atoms with Crippen molar-refractivity contribution in [3.8, 4) is 6.07 Å². The van der Waals surface area contributed by atoms with E-state index in [1.807, 2.05) is 58.0 Å². The zero-order chi connectivity index (χ0) is 57.2. The number of aliphatic carboxylic acids is 1. The van der Waals surface area contributed by atoms with Crippen LogP contribution in [0.5, 0.6) is 0 Å². The summed E-state index contributed by atoms with van der Waals surface area (Å²) in [5, 5.41) is 51.4. The Morgan fingerprint density at radius 2 is 1.16 bits per heavy atom. The molecule has 0 bridgehead atoms. The van der Waals surface area contributed by atoms with Gasteiger partial charge in [0.2, 0.25) is 0 Å². The second-order valence-electron chi connectivity index (χ2n) is 25.1. The van der Waals surface area contributed by atoms with Crippen LogP contribution in [0.4, 0.5) is 17.6 Å². The van der Waals surface area contributed by atoms with Crippen molar-refractivity contribution >= 4 is 30.0 Å². The number of esters is 1. The van der Waals surface area contributed by atoms with E-state index >= 15 is 17.6 Å². The van der Waals surface area contributed by atoms with Crippen LogP contribution in [0.3, 0.4) is 0 Å². The first kappa shape index (κ1) is 63.3. The van der Waals surface area contributed by atoms with Crippen LogP contribution in [0.25, 0.3) is 0 Å². The molecule has 81 heavy (non-hydrogen) atoms. The smallest absolute Gasteiger partial charge is 1.00 e. The number of hydrogen-bond acceptors (Lipinski definition) is 15. The van der Waals surface area contributed by atoms with E-state index in [1.165, 1.54) is 36.5 Å². The maximum atomic E-state index is 17.5. The van der Waals surface area contributed by atoms with Crippen molar-refractivity contribution in [1.82, 2.24) is 9.80 Å². The minimum absolute atomic E-state index is 0. The molecule has 0 unspecified atom stereocenters.